The summed E-state index contributed by atoms with van der Waals surface area (Å²) in [7, 11) is 1.33. The van der Waals surface area contributed by atoms with Gasteiger partial charge in [0.25, 0.3) is 0 Å². The summed E-state index contributed by atoms with van der Waals surface area (Å²) < 4.78 is 4.68. The molecule has 1 saturated heterocycles. The number of methoxy groups -OCH3 is 1. The number of rotatable bonds is 3. The largest absolute Gasteiger partial charge is 0.481 e. The number of hydrogen-bond acceptors (Lipinski definition) is 4. The van der Waals surface area contributed by atoms with E-state index in [-0.39, 0.29) is 17.8 Å². The number of carbonyl (C=O) groups excluding carboxylic acids is 2. The highest BCUT2D eigenvalue weighted by Gasteiger charge is 2.39. The Morgan fingerprint density at radius 1 is 1.20 bits per heavy atom. The van der Waals surface area contributed by atoms with E-state index in [1.807, 2.05) is 12.2 Å². The predicted molar refractivity (Wildman–Crippen MR) is 69.7 cm³/mol. The molecule has 1 heterocycles. The minimum absolute atomic E-state index is 0.159. The van der Waals surface area contributed by atoms with Crippen molar-refractivity contribution in [1.29, 1.82) is 0 Å². The standard InChI is InChI=1S/C14H19NO5/c1-20-14(19)9-6-7-15(8-9)12(16)10-4-2-3-5-11(10)13(17)18/h2-3,9-11H,4-8H2,1H3,(H,17,18)/t9?,10-,11+/m1/s1. The van der Waals surface area contributed by atoms with E-state index >= 15 is 0 Å². The minimum Gasteiger partial charge on any atom is -0.481 e. The van der Waals surface area contributed by atoms with Crippen molar-refractivity contribution in [1.82, 2.24) is 4.90 Å². The number of likely N-dealkylation sites (tertiary alicyclic amines) is 1. The summed E-state index contributed by atoms with van der Waals surface area (Å²) in [5, 5.41) is 9.20. The van der Waals surface area contributed by atoms with Gasteiger partial charge in [-0.2, -0.15) is 0 Å². The van der Waals surface area contributed by atoms with Crippen LogP contribution in [0.1, 0.15) is 19.3 Å². The number of ether oxygens (including phenoxy) is 1. The van der Waals surface area contributed by atoms with E-state index in [0.29, 0.717) is 32.4 Å². The first-order valence-electron chi connectivity index (χ1n) is 6.79. The molecule has 0 aromatic rings. The summed E-state index contributed by atoms with van der Waals surface area (Å²) in [6.07, 6.45) is 5.09. The van der Waals surface area contributed by atoms with E-state index in [9.17, 15) is 19.5 Å². The van der Waals surface area contributed by atoms with Crippen molar-refractivity contribution in [3.63, 3.8) is 0 Å². The first-order valence-corrected chi connectivity index (χ1v) is 6.79. The molecule has 1 amide bonds. The number of carboxylic acid groups (broad SMARTS) is 1. The lowest BCUT2D eigenvalue weighted by molar-refractivity contribution is -0.151. The monoisotopic (exact) mass is 281 g/mol. The second kappa shape index (κ2) is 6.07. The van der Waals surface area contributed by atoms with Gasteiger partial charge in [-0.15, -0.1) is 0 Å². The molecular formula is C14H19NO5. The number of carbonyl (C=O) groups is 3. The quantitative estimate of drug-likeness (QED) is 0.607. The van der Waals surface area contributed by atoms with Crippen molar-refractivity contribution in [2.24, 2.45) is 17.8 Å². The van der Waals surface area contributed by atoms with Crippen LogP contribution in [-0.2, 0) is 19.1 Å². The molecule has 0 spiro atoms. The van der Waals surface area contributed by atoms with Crippen molar-refractivity contribution >= 4 is 17.8 Å². The molecule has 1 unspecified atom stereocenters. The van der Waals surface area contributed by atoms with E-state index in [2.05, 4.69) is 4.74 Å². The Morgan fingerprint density at radius 3 is 2.45 bits per heavy atom. The molecule has 0 radical (unpaired) electrons. The van der Waals surface area contributed by atoms with E-state index < -0.39 is 17.8 Å². The molecule has 1 aliphatic carbocycles. The number of esters is 1. The topological polar surface area (TPSA) is 83.9 Å². The van der Waals surface area contributed by atoms with Crippen LogP contribution in [-0.4, -0.2) is 48.1 Å². The summed E-state index contributed by atoms with van der Waals surface area (Å²) in [4.78, 5) is 36.7. The molecule has 6 heteroatoms. The van der Waals surface area contributed by atoms with Crippen molar-refractivity contribution in [3.05, 3.63) is 12.2 Å². The van der Waals surface area contributed by atoms with Crippen LogP contribution >= 0.6 is 0 Å². The fraction of sp³-hybridized carbons (Fsp3) is 0.643. The molecular weight excluding hydrogens is 262 g/mol. The van der Waals surface area contributed by atoms with Crippen LogP contribution in [0, 0.1) is 17.8 Å². The van der Waals surface area contributed by atoms with E-state index in [1.54, 1.807) is 4.90 Å². The van der Waals surface area contributed by atoms with Gasteiger partial charge in [0.05, 0.1) is 24.9 Å². The maximum Gasteiger partial charge on any atom is 0.310 e. The van der Waals surface area contributed by atoms with Gasteiger partial charge in [0.2, 0.25) is 5.91 Å². The van der Waals surface area contributed by atoms with Gasteiger partial charge in [0, 0.05) is 13.1 Å². The molecule has 110 valence electrons. The average Bonchev–Trinajstić information content (AvgIpc) is 2.95. The van der Waals surface area contributed by atoms with Crippen LogP contribution in [0.25, 0.3) is 0 Å². The Morgan fingerprint density at radius 2 is 1.85 bits per heavy atom. The fourth-order valence-corrected chi connectivity index (χ4v) is 2.91. The van der Waals surface area contributed by atoms with Gasteiger partial charge < -0.3 is 14.7 Å². The van der Waals surface area contributed by atoms with Gasteiger partial charge in [0.15, 0.2) is 0 Å². The molecule has 1 N–H and O–H groups in total. The van der Waals surface area contributed by atoms with Crippen molar-refractivity contribution in [3.8, 4) is 0 Å². The van der Waals surface area contributed by atoms with Crippen molar-refractivity contribution in [2.75, 3.05) is 20.2 Å². The minimum atomic E-state index is -0.934. The first kappa shape index (κ1) is 14.6. The zero-order chi connectivity index (χ0) is 14.7. The highest BCUT2D eigenvalue weighted by molar-refractivity contribution is 5.86. The number of allylic oxidation sites excluding steroid dienone is 2. The zero-order valence-corrected chi connectivity index (χ0v) is 11.4. The second-order valence-electron chi connectivity index (χ2n) is 5.29. The smallest absolute Gasteiger partial charge is 0.310 e. The molecule has 1 aliphatic heterocycles. The van der Waals surface area contributed by atoms with Crippen LogP contribution in [0.4, 0.5) is 0 Å². The average molecular weight is 281 g/mol. The maximum atomic E-state index is 12.4. The Hall–Kier alpha value is -1.85. The van der Waals surface area contributed by atoms with E-state index in [4.69, 9.17) is 0 Å². The molecule has 0 bridgehead atoms. The number of nitrogens with zero attached hydrogens (tertiary/aromatic N) is 1. The Kier molecular flexibility index (Phi) is 4.42. The van der Waals surface area contributed by atoms with Crippen LogP contribution in [0.2, 0.25) is 0 Å². The first-order chi connectivity index (χ1) is 9.54. The molecule has 6 nitrogen and oxygen atoms in total. The molecule has 0 saturated carbocycles. The summed E-state index contributed by atoms with van der Waals surface area (Å²) in [5.74, 6) is -2.87. The third kappa shape index (κ3) is 2.84. The summed E-state index contributed by atoms with van der Waals surface area (Å²) >= 11 is 0. The number of amides is 1. The van der Waals surface area contributed by atoms with E-state index in [1.165, 1.54) is 7.11 Å². The van der Waals surface area contributed by atoms with Crippen LogP contribution < -0.4 is 0 Å². The van der Waals surface area contributed by atoms with Gasteiger partial charge in [-0.1, -0.05) is 12.2 Å². The van der Waals surface area contributed by atoms with Crippen molar-refractivity contribution < 1.29 is 24.2 Å². The Labute approximate surface area is 117 Å². The lowest BCUT2D eigenvalue weighted by Gasteiger charge is -2.28. The molecule has 2 aliphatic rings. The van der Waals surface area contributed by atoms with Gasteiger partial charge in [-0.25, -0.2) is 0 Å². The molecule has 0 aromatic carbocycles. The van der Waals surface area contributed by atoms with Crippen molar-refractivity contribution in [2.45, 2.75) is 19.3 Å². The lowest BCUT2D eigenvalue weighted by Crippen LogP contribution is -2.41. The third-order valence-electron chi connectivity index (χ3n) is 4.10. The molecule has 3 atom stereocenters. The van der Waals surface area contributed by atoms with Crippen LogP contribution in [0.3, 0.4) is 0 Å². The molecule has 1 fully saturated rings. The summed E-state index contributed by atoms with van der Waals surface area (Å²) in [6.45, 7) is 0.823. The molecule has 2 rings (SSSR count). The van der Waals surface area contributed by atoms with Gasteiger partial charge >= 0.3 is 11.9 Å². The molecule has 0 aromatic heterocycles. The predicted octanol–water partition coefficient (Wildman–Crippen LogP) is 0.675. The summed E-state index contributed by atoms with van der Waals surface area (Å²) in [6, 6.07) is 0. The SMILES string of the molecule is COC(=O)C1CCN(C(=O)[C@@H]2CC=CC[C@@H]2C(=O)O)C1. The number of aliphatic carboxylic acids is 1. The Balaban J connectivity index is 2.02. The van der Waals surface area contributed by atoms with Crippen LogP contribution in [0.5, 0.6) is 0 Å². The number of hydrogen-bond donors (Lipinski definition) is 1. The van der Waals surface area contributed by atoms with Gasteiger partial charge in [-0.05, 0) is 19.3 Å². The zero-order valence-electron chi connectivity index (χ0n) is 11.4. The normalized spacial score (nSPS) is 29.2. The maximum absolute atomic E-state index is 12.4. The van der Waals surface area contributed by atoms with Gasteiger partial charge in [0.1, 0.15) is 0 Å². The highest BCUT2D eigenvalue weighted by Crippen LogP contribution is 2.30. The number of carboxylic acids is 1. The van der Waals surface area contributed by atoms with Gasteiger partial charge in [-0.3, -0.25) is 14.4 Å². The summed E-state index contributed by atoms with van der Waals surface area (Å²) in [5.41, 5.74) is 0. The van der Waals surface area contributed by atoms with Crippen LogP contribution in [0.15, 0.2) is 12.2 Å². The molecule has 20 heavy (non-hydrogen) atoms. The lowest BCUT2D eigenvalue weighted by atomic mass is 9.82. The second-order valence-corrected chi connectivity index (χ2v) is 5.29. The fourth-order valence-electron chi connectivity index (χ4n) is 2.91. The highest BCUT2D eigenvalue weighted by atomic mass is 16.5. The third-order valence-corrected chi connectivity index (χ3v) is 4.10. The Bertz CT molecular complexity index is 445. The van der Waals surface area contributed by atoms with E-state index in [0.717, 1.165) is 0 Å².